The van der Waals surface area contributed by atoms with Crippen LogP contribution in [0.2, 0.25) is 0 Å². The molecule has 3 rings (SSSR count). The second kappa shape index (κ2) is 6.17. The Balaban J connectivity index is 1.65. The maximum absolute atomic E-state index is 3.91. The topological polar surface area (TPSA) is 15.3 Å². The second-order valence-corrected chi connectivity index (χ2v) is 8.01. The third-order valence-electron chi connectivity index (χ3n) is 5.22. The van der Waals surface area contributed by atoms with E-state index in [9.17, 15) is 0 Å². The van der Waals surface area contributed by atoms with Crippen LogP contribution in [0.5, 0.6) is 0 Å². The number of nitrogens with one attached hydrogen (secondary N) is 1. The van der Waals surface area contributed by atoms with Crippen molar-refractivity contribution in [3.63, 3.8) is 0 Å². The number of piperazine rings is 1. The van der Waals surface area contributed by atoms with E-state index in [2.05, 4.69) is 41.6 Å². The molecule has 1 aliphatic carbocycles. The van der Waals surface area contributed by atoms with E-state index < -0.39 is 0 Å². The van der Waals surface area contributed by atoms with Gasteiger partial charge in [0, 0.05) is 36.1 Å². The van der Waals surface area contributed by atoms with Crippen LogP contribution in [0.4, 0.5) is 0 Å². The maximum atomic E-state index is 3.91. The average Bonchev–Trinajstić information content (AvgIpc) is 3.08. The summed E-state index contributed by atoms with van der Waals surface area (Å²) in [6, 6.07) is 5.17. The zero-order chi connectivity index (χ0) is 14.0. The van der Waals surface area contributed by atoms with Gasteiger partial charge in [0.2, 0.25) is 0 Å². The lowest BCUT2D eigenvalue weighted by molar-refractivity contribution is 0.0582. The van der Waals surface area contributed by atoms with Gasteiger partial charge in [-0.25, -0.2) is 0 Å². The molecule has 2 fully saturated rings. The molecular weight excluding hydrogens is 264 g/mol. The smallest absolute Gasteiger partial charge is 0.0309 e. The minimum Gasteiger partial charge on any atom is -0.308 e. The van der Waals surface area contributed by atoms with Crippen molar-refractivity contribution in [3.8, 4) is 0 Å². The number of thiophene rings is 1. The largest absolute Gasteiger partial charge is 0.308 e. The monoisotopic (exact) mass is 292 g/mol. The quantitative estimate of drug-likeness (QED) is 0.913. The Kier molecular flexibility index (Phi) is 4.49. The van der Waals surface area contributed by atoms with E-state index in [0.29, 0.717) is 11.6 Å². The van der Waals surface area contributed by atoms with Gasteiger partial charge in [-0.15, -0.1) is 11.3 Å². The van der Waals surface area contributed by atoms with E-state index in [-0.39, 0.29) is 0 Å². The fourth-order valence-electron chi connectivity index (χ4n) is 4.01. The van der Waals surface area contributed by atoms with Crippen LogP contribution in [0, 0.1) is 5.92 Å². The first-order valence-electron chi connectivity index (χ1n) is 8.20. The molecule has 1 saturated heterocycles. The fraction of sp³-hybridized carbons (Fsp3) is 0.765. The first-order valence-corrected chi connectivity index (χ1v) is 9.08. The van der Waals surface area contributed by atoms with E-state index in [4.69, 9.17) is 0 Å². The molecule has 2 nitrogen and oxygen atoms in total. The minimum absolute atomic E-state index is 0.445. The van der Waals surface area contributed by atoms with E-state index in [0.717, 1.165) is 5.92 Å². The zero-order valence-corrected chi connectivity index (χ0v) is 13.7. The summed E-state index contributed by atoms with van der Waals surface area (Å²) in [7, 11) is 0. The molecule has 0 bridgehead atoms. The molecule has 1 saturated carbocycles. The van der Waals surface area contributed by atoms with Crippen molar-refractivity contribution in [2.75, 3.05) is 19.6 Å². The van der Waals surface area contributed by atoms with Crippen molar-refractivity contribution >= 4 is 11.3 Å². The van der Waals surface area contributed by atoms with Crippen molar-refractivity contribution in [1.29, 1.82) is 0 Å². The molecule has 0 radical (unpaired) electrons. The van der Waals surface area contributed by atoms with Crippen LogP contribution in [-0.4, -0.2) is 36.1 Å². The Labute approximate surface area is 127 Å². The third kappa shape index (κ3) is 3.10. The first-order chi connectivity index (χ1) is 9.69. The standard InChI is InChI=1S/C17H28N2S/c1-14(2)16-12-18-17(8-3-4-9-17)13-19(16)10-7-15-6-5-11-20-15/h5-6,11,14,16,18H,3-4,7-10,12-13H2,1-2H3. The molecule has 1 aromatic rings. The van der Waals surface area contributed by atoms with Crippen molar-refractivity contribution in [2.45, 2.75) is 57.5 Å². The van der Waals surface area contributed by atoms with Crippen LogP contribution in [0.15, 0.2) is 17.5 Å². The molecule has 1 aliphatic heterocycles. The van der Waals surface area contributed by atoms with Crippen LogP contribution in [0.3, 0.4) is 0 Å². The number of hydrogen-bond acceptors (Lipinski definition) is 3. The van der Waals surface area contributed by atoms with Crippen molar-refractivity contribution in [2.24, 2.45) is 5.92 Å². The molecule has 0 amide bonds. The molecule has 1 unspecified atom stereocenters. The van der Waals surface area contributed by atoms with Crippen LogP contribution in [-0.2, 0) is 6.42 Å². The second-order valence-electron chi connectivity index (χ2n) is 6.98. The Morgan fingerprint density at radius 3 is 2.85 bits per heavy atom. The summed E-state index contributed by atoms with van der Waals surface area (Å²) < 4.78 is 0. The van der Waals surface area contributed by atoms with Gasteiger partial charge in [-0.1, -0.05) is 32.8 Å². The van der Waals surface area contributed by atoms with E-state index in [1.165, 1.54) is 56.6 Å². The van der Waals surface area contributed by atoms with E-state index in [1.54, 1.807) is 0 Å². The van der Waals surface area contributed by atoms with Gasteiger partial charge in [-0.05, 0) is 36.6 Å². The molecule has 1 spiro atoms. The minimum atomic E-state index is 0.445. The summed E-state index contributed by atoms with van der Waals surface area (Å²) in [5.41, 5.74) is 0.445. The Hall–Kier alpha value is -0.380. The fourth-order valence-corrected chi connectivity index (χ4v) is 4.71. The molecule has 112 valence electrons. The summed E-state index contributed by atoms with van der Waals surface area (Å²) in [6.45, 7) is 8.42. The lowest BCUT2D eigenvalue weighted by Crippen LogP contribution is -2.64. The van der Waals surface area contributed by atoms with Gasteiger partial charge in [0.25, 0.3) is 0 Å². The molecule has 2 heterocycles. The molecule has 1 N–H and O–H groups in total. The van der Waals surface area contributed by atoms with Gasteiger partial charge in [-0.3, -0.25) is 4.90 Å². The Bertz CT molecular complexity index is 407. The molecular formula is C17H28N2S. The summed E-state index contributed by atoms with van der Waals surface area (Å²) >= 11 is 1.90. The van der Waals surface area contributed by atoms with Gasteiger partial charge in [0.15, 0.2) is 0 Å². The Morgan fingerprint density at radius 2 is 2.20 bits per heavy atom. The van der Waals surface area contributed by atoms with Gasteiger partial charge in [0.05, 0.1) is 0 Å². The SMILES string of the molecule is CC(C)C1CNC2(CCCC2)CN1CCc1cccs1. The van der Waals surface area contributed by atoms with Gasteiger partial charge in [0.1, 0.15) is 0 Å². The predicted octanol–water partition coefficient (Wildman–Crippen LogP) is 3.53. The van der Waals surface area contributed by atoms with Crippen molar-refractivity contribution in [3.05, 3.63) is 22.4 Å². The Morgan fingerprint density at radius 1 is 1.40 bits per heavy atom. The normalized spacial score (nSPS) is 26.6. The van der Waals surface area contributed by atoms with E-state index >= 15 is 0 Å². The van der Waals surface area contributed by atoms with Gasteiger partial charge >= 0.3 is 0 Å². The highest BCUT2D eigenvalue weighted by molar-refractivity contribution is 7.09. The highest BCUT2D eigenvalue weighted by Crippen LogP contribution is 2.34. The molecule has 1 aromatic heterocycles. The van der Waals surface area contributed by atoms with Gasteiger partial charge < -0.3 is 5.32 Å². The van der Waals surface area contributed by atoms with Crippen LogP contribution in [0.1, 0.15) is 44.4 Å². The van der Waals surface area contributed by atoms with Crippen molar-refractivity contribution < 1.29 is 0 Å². The number of rotatable bonds is 4. The molecule has 20 heavy (non-hydrogen) atoms. The van der Waals surface area contributed by atoms with Crippen LogP contribution in [0.25, 0.3) is 0 Å². The van der Waals surface area contributed by atoms with Crippen molar-refractivity contribution in [1.82, 2.24) is 10.2 Å². The third-order valence-corrected chi connectivity index (χ3v) is 6.15. The lowest BCUT2D eigenvalue weighted by Gasteiger charge is -2.48. The van der Waals surface area contributed by atoms with Crippen LogP contribution >= 0.6 is 11.3 Å². The molecule has 3 heteroatoms. The average molecular weight is 292 g/mol. The summed E-state index contributed by atoms with van der Waals surface area (Å²) in [5.74, 6) is 0.740. The maximum Gasteiger partial charge on any atom is 0.0309 e. The van der Waals surface area contributed by atoms with Gasteiger partial charge in [-0.2, -0.15) is 0 Å². The number of hydrogen-bond donors (Lipinski definition) is 1. The summed E-state index contributed by atoms with van der Waals surface area (Å²) in [4.78, 5) is 4.32. The molecule has 0 aromatic carbocycles. The predicted molar refractivity (Wildman–Crippen MR) is 87.4 cm³/mol. The van der Waals surface area contributed by atoms with E-state index in [1.807, 2.05) is 11.3 Å². The highest BCUT2D eigenvalue weighted by atomic mass is 32.1. The lowest BCUT2D eigenvalue weighted by atomic mass is 9.89. The summed E-state index contributed by atoms with van der Waals surface area (Å²) in [6.07, 6.45) is 6.81. The highest BCUT2D eigenvalue weighted by Gasteiger charge is 2.41. The summed E-state index contributed by atoms with van der Waals surface area (Å²) in [5, 5.41) is 6.11. The molecule has 2 aliphatic rings. The van der Waals surface area contributed by atoms with Crippen LogP contribution < -0.4 is 5.32 Å². The zero-order valence-electron chi connectivity index (χ0n) is 12.9. The molecule has 1 atom stereocenters. The number of nitrogens with zero attached hydrogens (tertiary/aromatic N) is 1. The first kappa shape index (κ1) is 14.6.